The van der Waals surface area contributed by atoms with Crippen molar-refractivity contribution < 1.29 is 18.4 Å². The van der Waals surface area contributed by atoms with Crippen LogP contribution in [-0.4, -0.2) is 99.1 Å². The van der Waals surface area contributed by atoms with Crippen molar-refractivity contribution >= 4 is 6.09 Å². The molecule has 1 amide bonds. The maximum absolute atomic E-state index is 12.2. The van der Waals surface area contributed by atoms with Crippen molar-refractivity contribution in [3.63, 3.8) is 0 Å². The van der Waals surface area contributed by atoms with Crippen LogP contribution in [0.1, 0.15) is 43.0 Å². The molecule has 0 bridgehead atoms. The Morgan fingerprint density at radius 2 is 1.27 bits per heavy atom. The molecule has 12 nitrogen and oxygen atoms in total. The highest BCUT2D eigenvalue weighted by molar-refractivity contribution is 5.68. The third-order valence-electron chi connectivity index (χ3n) is 7.83. The van der Waals surface area contributed by atoms with E-state index in [0.29, 0.717) is 24.9 Å². The van der Waals surface area contributed by atoms with E-state index in [1.807, 2.05) is 27.7 Å². The number of nitrogens with one attached hydrogen (secondary N) is 1. The SMILES string of the molecule is Cc1ccc(CN2CCN(C(=O)OC(C)(C)C)CC2)cc1-c1nnco1.Cc1ccc(CN2CCNCC2)cc1-c1nnco1. The summed E-state index contributed by atoms with van der Waals surface area (Å²) in [7, 11) is 0. The van der Waals surface area contributed by atoms with Crippen LogP contribution in [-0.2, 0) is 17.8 Å². The van der Waals surface area contributed by atoms with Crippen LogP contribution in [0.4, 0.5) is 4.79 Å². The second-order valence-electron chi connectivity index (χ2n) is 12.6. The van der Waals surface area contributed by atoms with Crippen molar-refractivity contribution in [2.75, 3.05) is 52.4 Å². The zero-order valence-electron chi connectivity index (χ0n) is 27.0. The number of aromatic nitrogens is 4. The van der Waals surface area contributed by atoms with Crippen LogP contribution in [0.5, 0.6) is 0 Å². The van der Waals surface area contributed by atoms with Crippen LogP contribution in [0.25, 0.3) is 22.9 Å². The molecule has 0 atom stereocenters. The van der Waals surface area contributed by atoms with E-state index in [1.54, 1.807) is 4.90 Å². The highest BCUT2D eigenvalue weighted by atomic mass is 16.6. The van der Waals surface area contributed by atoms with Gasteiger partial charge in [0, 0.05) is 76.6 Å². The number of hydrogen-bond donors (Lipinski definition) is 1. The molecular weight excluding hydrogens is 572 g/mol. The molecule has 2 aromatic carbocycles. The Kier molecular flexibility index (Phi) is 10.6. The van der Waals surface area contributed by atoms with Gasteiger partial charge in [-0.1, -0.05) is 24.3 Å². The molecule has 2 saturated heterocycles. The van der Waals surface area contributed by atoms with E-state index in [4.69, 9.17) is 13.6 Å². The third-order valence-corrected chi connectivity index (χ3v) is 7.83. The van der Waals surface area contributed by atoms with Crippen LogP contribution in [0.3, 0.4) is 0 Å². The van der Waals surface area contributed by atoms with Gasteiger partial charge in [-0.15, -0.1) is 20.4 Å². The molecule has 2 aliphatic heterocycles. The van der Waals surface area contributed by atoms with Gasteiger partial charge in [0.25, 0.3) is 0 Å². The summed E-state index contributed by atoms with van der Waals surface area (Å²) in [4.78, 5) is 18.7. The monoisotopic (exact) mass is 616 g/mol. The smallest absolute Gasteiger partial charge is 0.410 e. The summed E-state index contributed by atoms with van der Waals surface area (Å²) in [5.74, 6) is 1.14. The summed E-state index contributed by atoms with van der Waals surface area (Å²) < 4.78 is 16.1. The molecule has 1 N–H and O–H groups in total. The third kappa shape index (κ3) is 9.19. The second-order valence-corrected chi connectivity index (χ2v) is 12.6. The lowest BCUT2D eigenvalue weighted by atomic mass is 10.0. The van der Waals surface area contributed by atoms with Crippen LogP contribution < -0.4 is 5.32 Å². The van der Waals surface area contributed by atoms with Gasteiger partial charge in [-0.25, -0.2) is 4.79 Å². The minimum absolute atomic E-state index is 0.230. The first-order valence-corrected chi connectivity index (χ1v) is 15.5. The second kappa shape index (κ2) is 14.8. The molecule has 0 unspecified atom stereocenters. The van der Waals surface area contributed by atoms with Crippen molar-refractivity contribution in [3.8, 4) is 22.9 Å². The van der Waals surface area contributed by atoms with Crippen molar-refractivity contribution in [1.82, 2.24) is 40.4 Å². The van der Waals surface area contributed by atoms with E-state index >= 15 is 0 Å². The van der Waals surface area contributed by atoms with Crippen LogP contribution in [0, 0.1) is 13.8 Å². The van der Waals surface area contributed by atoms with Crippen molar-refractivity contribution in [1.29, 1.82) is 0 Å². The molecule has 2 aliphatic rings. The number of carbonyl (C=O) groups is 1. The average Bonchev–Trinajstić information content (AvgIpc) is 3.75. The van der Waals surface area contributed by atoms with Crippen LogP contribution in [0.2, 0.25) is 0 Å². The fourth-order valence-corrected chi connectivity index (χ4v) is 5.38. The highest BCUT2D eigenvalue weighted by Gasteiger charge is 2.26. The molecule has 2 fully saturated rings. The van der Waals surface area contributed by atoms with E-state index < -0.39 is 5.60 Å². The number of benzene rings is 2. The Balaban J connectivity index is 0.000000186. The summed E-state index contributed by atoms with van der Waals surface area (Å²) in [6.07, 6.45) is 2.49. The van der Waals surface area contributed by atoms with E-state index in [9.17, 15) is 4.79 Å². The first kappa shape index (κ1) is 32.3. The van der Waals surface area contributed by atoms with Crippen molar-refractivity contribution in [2.45, 2.75) is 53.3 Å². The maximum atomic E-state index is 12.2. The Hall–Kier alpha value is -4.13. The molecule has 0 radical (unpaired) electrons. The van der Waals surface area contributed by atoms with E-state index in [2.05, 4.69) is 78.8 Å². The number of carbonyl (C=O) groups excluding carboxylic acids is 1. The molecule has 2 aromatic heterocycles. The highest BCUT2D eigenvalue weighted by Crippen LogP contribution is 2.24. The summed E-state index contributed by atoms with van der Waals surface area (Å²) in [6.45, 7) is 18.9. The van der Waals surface area contributed by atoms with Crippen LogP contribution >= 0.6 is 0 Å². The lowest BCUT2D eigenvalue weighted by Crippen LogP contribution is -2.49. The Morgan fingerprint density at radius 1 is 0.778 bits per heavy atom. The summed E-state index contributed by atoms with van der Waals surface area (Å²) >= 11 is 0. The van der Waals surface area contributed by atoms with E-state index in [1.165, 1.54) is 23.9 Å². The molecular formula is C33H44N8O4. The summed E-state index contributed by atoms with van der Waals surface area (Å²) in [6, 6.07) is 12.8. The molecule has 0 saturated carbocycles. The maximum Gasteiger partial charge on any atom is 0.410 e. The molecule has 45 heavy (non-hydrogen) atoms. The van der Waals surface area contributed by atoms with Gasteiger partial charge in [-0.3, -0.25) is 9.80 Å². The summed E-state index contributed by atoms with van der Waals surface area (Å²) in [5.41, 5.74) is 6.29. The van der Waals surface area contributed by atoms with Crippen molar-refractivity contribution in [2.24, 2.45) is 0 Å². The zero-order valence-corrected chi connectivity index (χ0v) is 27.0. The minimum atomic E-state index is -0.457. The molecule has 4 heterocycles. The van der Waals surface area contributed by atoms with Crippen molar-refractivity contribution in [3.05, 3.63) is 71.4 Å². The van der Waals surface area contributed by atoms with Gasteiger partial charge >= 0.3 is 6.09 Å². The molecule has 4 aromatic rings. The van der Waals surface area contributed by atoms with E-state index in [-0.39, 0.29) is 6.09 Å². The molecule has 12 heteroatoms. The van der Waals surface area contributed by atoms with Gasteiger partial charge in [-0.05, 0) is 69.0 Å². The Morgan fingerprint density at radius 3 is 1.71 bits per heavy atom. The zero-order chi connectivity index (χ0) is 31.8. The molecule has 240 valence electrons. The lowest BCUT2D eigenvalue weighted by Gasteiger charge is -2.35. The number of ether oxygens (including phenoxy) is 1. The fourth-order valence-electron chi connectivity index (χ4n) is 5.38. The summed E-state index contributed by atoms with van der Waals surface area (Å²) in [5, 5.41) is 18.9. The van der Waals surface area contributed by atoms with Gasteiger partial charge in [0.2, 0.25) is 24.6 Å². The minimum Gasteiger partial charge on any atom is -0.444 e. The van der Waals surface area contributed by atoms with Gasteiger partial charge in [0.15, 0.2) is 0 Å². The predicted octanol–water partition coefficient (Wildman–Crippen LogP) is 4.55. The van der Waals surface area contributed by atoms with Gasteiger partial charge < -0.3 is 23.8 Å². The first-order valence-electron chi connectivity index (χ1n) is 15.5. The quantitative estimate of drug-likeness (QED) is 0.328. The number of aryl methyl sites for hydroxylation is 2. The fraction of sp³-hybridized carbons (Fsp3) is 0.485. The Bertz CT molecular complexity index is 1500. The molecule has 6 rings (SSSR count). The lowest BCUT2D eigenvalue weighted by molar-refractivity contribution is 0.0139. The average molecular weight is 617 g/mol. The largest absolute Gasteiger partial charge is 0.444 e. The number of piperazine rings is 2. The number of nitrogens with zero attached hydrogens (tertiary/aromatic N) is 7. The van der Waals surface area contributed by atoms with Gasteiger partial charge in [0.05, 0.1) is 0 Å². The predicted molar refractivity (Wildman–Crippen MR) is 170 cm³/mol. The van der Waals surface area contributed by atoms with Gasteiger partial charge in [0.1, 0.15) is 5.60 Å². The molecule has 0 aliphatic carbocycles. The van der Waals surface area contributed by atoms with E-state index in [0.717, 1.165) is 74.6 Å². The first-order chi connectivity index (χ1) is 21.6. The van der Waals surface area contributed by atoms with Gasteiger partial charge in [-0.2, -0.15) is 0 Å². The normalized spacial score (nSPS) is 16.2. The topological polar surface area (TPSA) is 126 Å². The number of hydrogen-bond acceptors (Lipinski definition) is 11. The molecule has 0 spiro atoms. The number of rotatable bonds is 6. The standard InChI is InChI=1S/C19H26N4O3.C14H18N4O/c1-14-5-6-15(11-16(14)17-21-20-13-25-17)12-22-7-9-23(10-8-22)18(24)26-19(2,3)4;1-11-2-3-12(9-18-6-4-15-5-7-18)8-13(11)14-17-16-10-19-14/h5-6,11,13H,7-10,12H2,1-4H3;2-3,8,10,15H,4-7,9H2,1H3. The van der Waals surface area contributed by atoms with Crippen LogP contribution in [0.15, 0.2) is 58.0 Å². The number of amides is 1. The Labute approximate surface area is 264 Å².